The fraction of sp³-hybridized carbons (Fsp3) is 0.238. The predicted octanol–water partition coefficient (Wildman–Crippen LogP) is 5.01. The first kappa shape index (κ1) is 19.8. The lowest BCUT2D eigenvalue weighted by Gasteiger charge is -2.22. The monoisotopic (exact) mass is 417 g/mol. The molecule has 1 aliphatic rings. The Kier molecular flexibility index (Phi) is 4.89. The lowest BCUT2D eigenvalue weighted by Crippen LogP contribution is -2.23. The van der Waals surface area contributed by atoms with Crippen LogP contribution in [0.4, 0.5) is 19.0 Å². The van der Waals surface area contributed by atoms with Crippen LogP contribution < -0.4 is 14.8 Å². The number of H-pyrrole nitrogens is 1. The highest BCUT2D eigenvalue weighted by atomic mass is 19.4. The van der Waals surface area contributed by atoms with Gasteiger partial charge in [0.05, 0.1) is 12.7 Å². The van der Waals surface area contributed by atoms with Gasteiger partial charge in [-0.25, -0.2) is 0 Å². The van der Waals surface area contributed by atoms with Crippen LogP contribution in [-0.2, 0) is 11.0 Å². The van der Waals surface area contributed by atoms with Crippen molar-refractivity contribution in [2.75, 3.05) is 12.4 Å². The zero-order chi connectivity index (χ0) is 21.5. The topological polar surface area (TPSA) is 76.2 Å². The van der Waals surface area contributed by atoms with E-state index in [4.69, 9.17) is 9.47 Å². The van der Waals surface area contributed by atoms with Crippen LogP contribution in [0.25, 0.3) is 0 Å². The number of halogens is 3. The summed E-state index contributed by atoms with van der Waals surface area (Å²) in [4.78, 5) is 12.0. The third-order valence-electron chi connectivity index (χ3n) is 4.96. The summed E-state index contributed by atoms with van der Waals surface area (Å²) in [5.41, 5.74) is 1.64. The highest BCUT2D eigenvalue weighted by Gasteiger charge is 2.32. The Balaban J connectivity index is 1.63. The van der Waals surface area contributed by atoms with Gasteiger partial charge in [-0.05, 0) is 36.2 Å². The summed E-state index contributed by atoms with van der Waals surface area (Å²) in [5, 5.41) is 9.51. The van der Waals surface area contributed by atoms with Gasteiger partial charge in [0, 0.05) is 30.2 Å². The van der Waals surface area contributed by atoms with E-state index in [0.29, 0.717) is 11.6 Å². The average molecular weight is 417 g/mol. The first-order valence-corrected chi connectivity index (χ1v) is 9.13. The number of amides is 1. The molecular weight excluding hydrogens is 399 g/mol. The van der Waals surface area contributed by atoms with Gasteiger partial charge in [-0.1, -0.05) is 12.1 Å². The van der Waals surface area contributed by atoms with Crippen LogP contribution in [0.1, 0.15) is 34.6 Å². The maximum atomic E-state index is 13.1. The molecule has 1 atom stereocenters. The molecule has 1 aromatic heterocycles. The van der Waals surface area contributed by atoms with Crippen molar-refractivity contribution >= 4 is 11.7 Å². The molecule has 9 heteroatoms. The second-order valence-electron chi connectivity index (χ2n) is 7.02. The number of hydrogen-bond donors (Lipinski definition) is 2. The molecule has 30 heavy (non-hydrogen) atoms. The number of hydrogen-bond acceptors (Lipinski definition) is 4. The minimum atomic E-state index is -4.52. The molecule has 0 radical (unpaired) electrons. The van der Waals surface area contributed by atoms with Gasteiger partial charge in [0.2, 0.25) is 5.91 Å². The van der Waals surface area contributed by atoms with Gasteiger partial charge in [0.1, 0.15) is 17.2 Å². The van der Waals surface area contributed by atoms with Crippen LogP contribution in [-0.4, -0.2) is 23.2 Å². The SMILES string of the molecule is COc1cc(Oc2ccc(C3CC(=O)Nc4n[nH]cc43)cc2C)cc(C(F)(F)F)c1. The van der Waals surface area contributed by atoms with Gasteiger partial charge in [-0.3, -0.25) is 9.89 Å². The fourth-order valence-corrected chi connectivity index (χ4v) is 3.48. The summed E-state index contributed by atoms with van der Waals surface area (Å²) < 4.78 is 50.1. The molecule has 156 valence electrons. The minimum Gasteiger partial charge on any atom is -0.497 e. The molecule has 2 heterocycles. The molecule has 2 aromatic carbocycles. The zero-order valence-corrected chi connectivity index (χ0v) is 16.1. The van der Waals surface area contributed by atoms with Gasteiger partial charge >= 0.3 is 6.18 Å². The number of fused-ring (bicyclic) bond motifs is 1. The number of alkyl halides is 3. The van der Waals surface area contributed by atoms with Crippen LogP contribution in [0, 0.1) is 6.92 Å². The molecule has 0 saturated carbocycles. The van der Waals surface area contributed by atoms with E-state index in [1.165, 1.54) is 13.2 Å². The van der Waals surface area contributed by atoms with E-state index in [0.717, 1.165) is 28.8 Å². The molecular formula is C21H18F3N3O3. The maximum absolute atomic E-state index is 13.1. The summed E-state index contributed by atoms with van der Waals surface area (Å²) >= 11 is 0. The Hall–Kier alpha value is -3.49. The fourth-order valence-electron chi connectivity index (χ4n) is 3.48. The quantitative estimate of drug-likeness (QED) is 0.626. The summed E-state index contributed by atoms with van der Waals surface area (Å²) in [7, 11) is 1.30. The highest BCUT2D eigenvalue weighted by Crippen LogP contribution is 2.39. The van der Waals surface area contributed by atoms with Crippen molar-refractivity contribution in [2.24, 2.45) is 0 Å². The van der Waals surface area contributed by atoms with Crippen LogP contribution in [0.3, 0.4) is 0 Å². The van der Waals surface area contributed by atoms with E-state index in [9.17, 15) is 18.0 Å². The Bertz CT molecular complexity index is 1110. The number of anilines is 1. The second kappa shape index (κ2) is 7.40. The molecule has 0 spiro atoms. The standard InChI is InChI=1S/C21H18F3N3O3/c1-11-5-12(16-9-19(28)26-20-17(16)10-25-27-20)3-4-18(11)30-15-7-13(21(22,23)24)6-14(8-15)29-2/h3-8,10,16H,9H2,1-2H3,(H2,25,26,27,28). The number of aryl methyl sites for hydroxylation is 1. The molecule has 1 aliphatic heterocycles. The number of nitrogens with zero attached hydrogens (tertiary/aromatic N) is 1. The Labute approximate surface area is 170 Å². The van der Waals surface area contributed by atoms with Gasteiger partial charge in [0.25, 0.3) is 0 Å². The van der Waals surface area contributed by atoms with Crippen molar-refractivity contribution in [1.82, 2.24) is 10.2 Å². The number of benzene rings is 2. The lowest BCUT2D eigenvalue weighted by atomic mass is 9.86. The van der Waals surface area contributed by atoms with Crippen molar-refractivity contribution in [1.29, 1.82) is 0 Å². The molecule has 4 rings (SSSR count). The number of nitrogens with one attached hydrogen (secondary N) is 2. The molecule has 0 fully saturated rings. The predicted molar refractivity (Wildman–Crippen MR) is 103 cm³/mol. The van der Waals surface area contributed by atoms with Crippen molar-refractivity contribution in [3.05, 3.63) is 64.8 Å². The molecule has 1 unspecified atom stereocenters. The summed E-state index contributed by atoms with van der Waals surface area (Å²) in [6.07, 6.45) is -2.50. The van der Waals surface area contributed by atoms with Crippen molar-refractivity contribution in [3.8, 4) is 17.2 Å². The number of rotatable bonds is 4. The second-order valence-corrected chi connectivity index (χ2v) is 7.02. The molecule has 2 N–H and O–H groups in total. The van der Waals surface area contributed by atoms with Crippen LogP contribution in [0.5, 0.6) is 17.2 Å². The van der Waals surface area contributed by atoms with Crippen molar-refractivity contribution in [2.45, 2.75) is 25.4 Å². The van der Waals surface area contributed by atoms with Gasteiger partial charge in [0.15, 0.2) is 5.82 Å². The normalized spacial score (nSPS) is 16.0. The maximum Gasteiger partial charge on any atom is 0.416 e. The van der Waals surface area contributed by atoms with E-state index in [1.54, 1.807) is 25.3 Å². The molecule has 0 saturated heterocycles. The van der Waals surface area contributed by atoms with Gasteiger partial charge < -0.3 is 14.8 Å². The third kappa shape index (κ3) is 3.83. The van der Waals surface area contributed by atoms with E-state index in [-0.39, 0.29) is 29.7 Å². The Morgan fingerprint density at radius 2 is 1.90 bits per heavy atom. The number of ether oxygens (including phenoxy) is 2. The van der Waals surface area contributed by atoms with E-state index in [2.05, 4.69) is 15.5 Å². The number of carbonyl (C=O) groups is 1. The first-order valence-electron chi connectivity index (χ1n) is 9.13. The van der Waals surface area contributed by atoms with Crippen molar-refractivity contribution < 1.29 is 27.4 Å². The van der Waals surface area contributed by atoms with Gasteiger partial charge in [-0.2, -0.15) is 18.3 Å². The van der Waals surface area contributed by atoms with Crippen LogP contribution in [0.15, 0.2) is 42.6 Å². The minimum absolute atomic E-state index is 0.0201. The van der Waals surface area contributed by atoms with Crippen LogP contribution in [0.2, 0.25) is 0 Å². The zero-order valence-electron chi connectivity index (χ0n) is 16.1. The molecule has 1 amide bonds. The van der Waals surface area contributed by atoms with E-state index in [1.807, 2.05) is 6.07 Å². The number of aromatic nitrogens is 2. The summed E-state index contributed by atoms with van der Waals surface area (Å²) in [5.74, 6) is 0.683. The largest absolute Gasteiger partial charge is 0.497 e. The average Bonchev–Trinajstić information content (AvgIpc) is 3.16. The first-order chi connectivity index (χ1) is 14.2. The Morgan fingerprint density at radius 1 is 1.13 bits per heavy atom. The number of carbonyl (C=O) groups excluding carboxylic acids is 1. The molecule has 0 bridgehead atoms. The van der Waals surface area contributed by atoms with E-state index < -0.39 is 11.7 Å². The molecule has 6 nitrogen and oxygen atoms in total. The van der Waals surface area contributed by atoms with E-state index >= 15 is 0 Å². The van der Waals surface area contributed by atoms with Crippen molar-refractivity contribution in [3.63, 3.8) is 0 Å². The third-order valence-corrected chi connectivity index (χ3v) is 4.96. The highest BCUT2D eigenvalue weighted by molar-refractivity contribution is 5.94. The lowest BCUT2D eigenvalue weighted by molar-refractivity contribution is -0.137. The number of aromatic amines is 1. The number of methoxy groups -OCH3 is 1. The Morgan fingerprint density at radius 3 is 2.60 bits per heavy atom. The molecule has 3 aromatic rings. The summed E-state index contributed by atoms with van der Waals surface area (Å²) in [6.45, 7) is 1.79. The smallest absolute Gasteiger partial charge is 0.416 e. The molecule has 0 aliphatic carbocycles. The van der Waals surface area contributed by atoms with Crippen LogP contribution >= 0.6 is 0 Å². The van der Waals surface area contributed by atoms with Gasteiger partial charge in [-0.15, -0.1) is 0 Å². The summed E-state index contributed by atoms with van der Waals surface area (Å²) in [6, 6.07) is 8.58.